The number of rotatable bonds is 4. The summed E-state index contributed by atoms with van der Waals surface area (Å²) < 4.78 is 0. The van der Waals surface area contributed by atoms with Crippen molar-refractivity contribution < 1.29 is 9.59 Å². The zero-order chi connectivity index (χ0) is 14.7. The van der Waals surface area contributed by atoms with E-state index in [9.17, 15) is 9.59 Å². The third-order valence-corrected chi connectivity index (χ3v) is 4.35. The van der Waals surface area contributed by atoms with Gasteiger partial charge in [-0.05, 0) is 26.3 Å². The summed E-state index contributed by atoms with van der Waals surface area (Å²) >= 11 is 1.57. The number of nitrogens with zero attached hydrogens (tertiary/aromatic N) is 1. The summed E-state index contributed by atoms with van der Waals surface area (Å²) in [5.41, 5.74) is 2.26. The monoisotopic (exact) mass is 292 g/mol. The van der Waals surface area contributed by atoms with Crippen molar-refractivity contribution in [3.63, 3.8) is 0 Å². The fraction of sp³-hybridized carbons (Fsp3) is 0.467. The van der Waals surface area contributed by atoms with Gasteiger partial charge in [-0.2, -0.15) is 0 Å². The number of benzene rings is 1. The van der Waals surface area contributed by atoms with Gasteiger partial charge >= 0.3 is 0 Å². The summed E-state index contributed by atoms with van der Waals surface area (Å²) in [7, 11) is 0. The third kappa shape index (κ3) is 3.54. The van der Waals surface area contributed by atoms with Crippen LogP contribution in [0.3, 0.4) is 0 Å². The minimum atomic E-state index is -0.104. The molecular weight excluding hydrogens is 272 g/mol. The molecule has 1 N–H and O–H groups in total. The van der Waals surface area contributed by atoms with Crippen molar-refractivity contribution in [2.45, 2.75) is 32.2 Å². The molecule has 0 aromatic heterocycles. The topological polar surface area (TPSA) is 49.4 Å². The van der Waals surface area contributed by atoms with Gasteiger partial charge in [-0.15, -0.1) is 11.8 Å². The SMILES string of the molecule is Cc1ccc([C@H]2SCC(=O)N2CC(=O)NC(C)C)cc1. The Morgan fingerprint density at radius 2 is 2.05 bits per heavy atom. The smallest absolute Gasteiger partial charge is 0.239 e. The molecule has 5 heteroatoms. The van der Waals surface area contributed by atoms with Crippen LogP contribution in [0, 0.1) is 6.92 Å². The number of hydrogen-bond donors (Lipinski definition) is 1. The minimum absolute atomic E-state index is 0.0273. The molecule has 1 aliphatic heterocycles. The van der Waals surface area contributed by atoms with E-state index in [1.807, 2.05) is 45.0 Å². The molecule has 108 valence electrons. The highest BCUT2D eigenvalue weighted by molar-refractivity contribution is 8.00. The molecule has 1 aromatic rings. The first-order chi connectivity index (χ1) is 9.47. The molecule has 0 spiro atoms. The number of hydrogen-bond acceptors (Lipinski definition) is 3. The second-order valence-corrected chi connectivity index (χ2v) is 6.39. The van der Waals surface area contributed by atoms with E-state index < -0.39 is 0 Å². The standard InChI is InChI=1S/C15H20N2O2S/c1-10(2)16-13(18)8-17-14(19)9-20-15(17)12-6-4-11(3)5-7-12/h4-7,10,15H,8-9H2,1-3H3,(H,16,18)/t15-/m1/s1. The largest absolute Gasteiger partial charge is 0.352 e. The molecule has 1 fully saturated rings. The zero-order valence-corrected chi connectivity index (χ0v) is 12.9. The predicted octanol–water partition coefficient (Wildman–Crippen LogP) is 2.09. The number of thioether (sulfide) groups is 1. The van der Waals surface area contributed by atoms with Crippen LogP contribution in [0.4, 0.5) is 0 Å². The Morgan fingerprint density at radius 1 is 1.40 bits per heavy atom. The Morgan fingerprint density at radius 3 is 2.65 bits per heavy atom. The van der Waals surface area contributed by atoms with Crippen LogP contribution in [0.2, 0.25) is 0 Å². The van der Waals surface area contributed by atoms with Crippen LogP contribution in [0.25, 0.3) is 0 Å². The summed E-state index contributed by atoms with van der Waals surface area (Å²) in [6.07, 6.45) is 0. The lowest BCUT2D eigenvalue weighted by Gasteiger charge is -2.24. The maximum absolute atomic E-state index is 12.0. The van der Waals surface area contributed by atoms with E-state index in [4.69, 9.17) is 0 Å². The van der Waals surface area contributed by atoms with Crippen molar-refractivity contribution in [1.82, 2.24) is 10.2 Å². The normalized spacial score (nSPS) is 18.7. The Balaban J connectivity index is 2.10. The molecule has 0 radical (unpaired) electrons. The quantitative estimate of drug-likeness (QED) is 0.924. The lowest BCUT2D eigenvalue weighted by atomic mass is 10.1. The van der Waals surface area contributed by atoms with Crippen molar-refractivity contribution in [3.8, 4) is 0 Å². The van der Waals surface area contributed by atoms with E-state index >= 15 is 0 Å². The molecule has 1 aliphatic rings. The number of carbonyl (C=O) groups is 2. The van der Waals surface area contributed by atoms with E-state index in [2.05, 4.69) is 5.32 Å². The Bertz CT molecular complexity index is 499. The fourth-order valence-corrected chi connectivity index (χ4v) is 3.34. The van der Waals surface area contributed by atoms with Crippen LogP contribution in [-0.4, -0.2) is 35.1 Å². The van der Waals surface area contributed by atoms with Crippen LogP contribution in [0.15, 0.2) is 24.3 Å². The van der Waals surface area contributed by atoms with Gasteiger partial charge in [0.05, 0.1) is 5.75 Å². The number of carbonyl (C=O) groups excluding carboxylic acids is 2. The molecule has 0 saturated carbocycles. The van der Waals surface area contributed by atoms with Gasteiger partial charge in [-0.3, -0.25) is 9.59 Å². The Labute approximate surface area is 123 Å². The third-order valence-electron chi connectivity index (χ3n) is 3.09. The summed E-state index contributed by atoms with van der Waals surface area (Å²) in [5, 5.41) is 2.77. The second-order valence-electron chi connectivity index (χ2n) is 5.32. The highest BCUT2D eigenvalue weighted by Crippen LogP contribution is 2.38. The summed E-state index contributed by atoms with van der Waals surface area (Å²) in [6, 6.07) is 8.21. The first-order valence-electron chi connectivity index (χ1n) is 6.74. The summed E-state index contributed by atoms with van der Waals surface area (Å²) in [6.45, 7) is 5.99. The van der Waals surface area contributed by atoms with Crippen molar-refractivity contribution in [1.29, 1.82) is 0 Å². The van der Waals surface area contributed by atoms with Crippen LogP contribution >= 0.6 is 11.8 Å². The van der Waals surface area contributed by atoms with Crippen LogP contribution < -0.4 is 5.32 Å². The first-order valence-corrected chi connectivity index (χ1v) is 7.79. The molecule has 1 saturated heterocycles. The highest BCUT2D eigenvalue weighted by atomic mass is 32.2. The molecule has 0 aliphatic carbocycles. The van der Waals surface area contributed by atoms with E-state index in [1.165, 1.54) is 5.56 Å². The molecule has 2 amide bonds. The van der Waals surface area contributed by atoms with Crippen molar-refractivity contribution in [2.75, 3.05) is 12.3 Å². The van der Waals surface area contributed by atoms with Crippen LogP contribution in [-0.2, 0) is 9.59 Å². The molecule has 2 rings (SSSR count). The van der Waals surface area contributed by atoms with Gasteiger partial charge in [0.2, 0.25) is 11.8 Å². The lowest BCUT2D eigenvalue weighted by Crippen LogP contribution is -2.41. The van der Waals surface area contributed by atoms with Gasteiger partial charge in [0.25, 0.3) is 0 Å². The van der Waals surface area contributed by atoms with Gasteiger partial charge in [-0.25, -0.2) is 0 Å². The van der Waals surface area contributed by atoms with Crippen molar-refractivity contribution in [3.05, 3.63) is 35.4 Å². The van der Waals surface area contributed by atoms with Crippen molar-refractivity contribution in [2.24, 2.45) is 0 Å². The molecule has 1 aromatic carbocycles. The van der Waals surface area contributed by atoms with Gasteiger partial charge in [0.15, 0.2) is 0 Å². The molecule has 0 unspecified atom stereocenters. The average molecular weight is 292 g/mol. The maximum atomic E-state index is 12.0. The number of amides is 2. The Kier molecular flexibility index (Phi) is 4.70. The number of aryl methyl sites for hydroxylation is 1. The fourth-order valence-electron chi connectivity index (χ4n) is 2.15. The minimum Gasteiger partial charge on any atom is -0.352 e. The molecule has 20 heavy (non-hydrogen) atoms. The van der Waals surface area contributed by atoms with Crippen LogP contribution in [0.5, 0.6) is 0 Å². The molecule has 1 atom stereocenters. The highest BCUT2D eigenvalue weighted by Gasteiger charge is 2.33. The van der Waals surface area contributed by atoms with Crippen molar-refractivity contribution >= 4 is 23.6 Å². The molecular formula is C15H20N2O2S. The van der Waals surface area contributed by atoms with E-state index in [0.29, 0.717) is 5.75 Å². The predicted molar refractivity (Wildman–Crippen MR) is 81.4 cm³/mol. The number of nitrogens with one attached hydrogen (secondary N) is 1. The summed E-state index contributed by atoms with van der Waals surface area (Å²) in [4.78, 5) is 25.5. The second kappa shape index (κ2) is 6.31. The molecule has 0 bridgehead atoms. The molecule has 4 nitrogen and oxygen atoms in total. The lowest BCUT2D eigenvalue weighted by molar-refractivity contribution is -0.134. The van der Waals surface area contributed by atoms with Crippen LogP contribution in [0.1, 0.15) is 30.3 Å². The Hall–Kier alpha value is -1.49. The maximum Gasteiger partial charge on any atom is 0.239 e. The van der Waals surface area contributed by atoms with Gasteiger partial charge in [0.1, 0.15) is 11.9 Å². The zero-order valence-electron chi connectivity index (χ0n) is 12.1. The average Bonchev–Trinajstić information content (AvgIpc) is 2.71. The molecule has 1 heterocycles. The van der Waals surface area contributed by atoms with E-state index in [0.717, 1.165) is 5.56 Å². The first kappa shape index (κ1) is 14.9. The van der Waals surface area contributed by atoms with E-state index in [-0.39, 0.29) is 29.8 Å². The summed E-state index contributed by atoms with van der Waals surface area (Å²) in [5.74, 6) is 0.362. The van der Waals surface area contributed by atoms with Gasteiger partial charge < -0.3 is 10.2 Å². The van der Waals surface area contributed by atoms with Gasteiger partial charge in [-0.1, -0.05) is 29.8 Å². The van der Waals surface area contributed by atoms with Gasteiger partial charge in [0, 0.05) is 6.04 Å². The van der Waals surface area contributed by atoms with E-state index in [1.54, 1.807) is 16.7 Å².